The molecule has 0 aliphatic carbocycles. The number of hydrogen-bond donors (Lipinski definition) is 1. The lowest BCUT2D eigenvalue weighted by Gasteiger charge is -2.24. The van der Waals surface area contributed by atoms with Gasteiger partial charge in [-0.05, 0) is 46.0 Å². The van der Waals surface area contributed by atoms with Crippen LogP contribution < -0.4 is 5.32 Å². The Bertz CT molecular complexity index is 408. The van der Waals surface area contributed by atoms with Gasteiger partial charge in [-0.15, -0.1) is 0 Å². The van der Waals surface area contributed by atoms with Gasteiger partial charge in [0.2, 0.25) is 0 Å². The normalized spacial score (nSPS) is 17.8. The van der Waals surface area contributed by atoms with E-state index in [0.29, 0.717) is 6.54 Å². The summed E-state index contributed by atoms with van der Waals surface area (Å²) in [4.78, 5) is 9.30. The van der Waals surface area contributed by atoms with Crippen molar-refractivity contribution in [2.45, 2.75) is 25.8 Å². The number of rotatable bonds is 5. The van der Waals surface area contributed by atoms with Crippen LogP contribution in [-0.4, -0.2) is 56.0 Å². The molecule has 1 unspecified atom stereocenters. The zero-order valence-corrected chi connectivity index (χ0v) is 12.8. The van der Waals surface area contributed by atoms with E-state index >= 15 is 0 Å². The van der Waals surface area contributed by atoms with Gasteiger partial charge in [0.05, 0.1) is 18.8 Å². The molecule has 2 heterocycles. The van der Waals surface area contributed by atoms with Crippen LogP contribution in [0.2, 0.25) is 0 Å². The maximum Gasteiger partial charge on any atom is 0.193 e. The predicted molar refractivity (Wildman–Crippen MR) is 81.9 cm³/mol. The van der Waals surface area contributed by atoms with Crippen molar-refractivity contribution in [3.8, 4) is 0 Å². The predicted octanol–water partition coefficient (Wildman–Crippen LogP) is 1.94. The molecule has 1 N–H and O–H groups in total. The highest BCUT2D eigenvalue weighted by atomic mass is 16.3. The topological polar surface area (TPSA) is 44.0 Å². The van der Waals surface area contributed by atoms with Gasteiger partial charge in [0.1, 0.15) is 5.76 Å². The summed E-state index contributed by atoms with van der Waals surface area (Å²) in [5.41, 5.74) is 0. The Hall–Kier alpha value is -1.49. The zero-order valence-electron chi connectivity index (χ0n) is 12.8. The lowest BCUT2D eigenvalue weighted by Crippen LogP contribution is -2.40. The molecule has 112 valence electrons. The fourth-order valence-corrected chi connectivity index (χ4v) is 2.52. The highest BCUT2D eigenvalue weighted by molar-refractivity contribution is 5.80. The van der Waals surface area contributed by atoms with Crippen LogP contribution in [-0.2, 0) is 0 Å². The van der Waals surface area contributed by atoms with Crippen LogP contribution in [0, 0.1) is 0 Å². The molecule has 1 saturated heterocycles. The number of aliphatic imine (C=N–C) groups is 1. The molecule has 5 nitrogen and oxygen atoms in total. The van der Waals surface area contributed by atoms with Crippen molar-refractivity contribution in [1.82, 2.24) is 15.1 Å². The molecule has 0 saturated carbocycles. The number of likely N-dealkylation sites (tertiary alicyclic amines) is 1. The largest absolute Gasteiger partial charge is 0.468 e. The maximum atomic E-state index is 5.53. The van der Waals surface area contributed by atoms with Crippen molar-refractivity contribution in [3.63, 3.8) is 0 Å². The molecule has 1 aliphatic rings. The van der Waals surface area contributed by atoms with Gasteiger partial charge >= 0.3 is 0 Å². The SMILES string of the molecule is CCNC(=NCC(c1ccco1)N(C)C)N1CCCC1. The molecule has 2 rings (SSSR count). The van der Waals surface area contributed by atoms with Crippen molar-refractivity contribution in [2.75, 3.05) is 40.3 Å². The number of furan rings is 1. The van der Waals surface area contributed by atoms with Crippen LogP contribution in [0.1, 0.15) is 31.6 Å². The van der Waals surface area contributed by atoms with Gasteiger partial charge in [-0.1, -0.05) is 0 Å². The minimum absolute atomic E-state index is 0.182. The van der Waals surface area contributed by atoms with Crippen molar-refractivity contribution < 1.29 is 4.42 Å². The van der Waals surface area contributed by atoms with Crippen molar-refractivity contribution >= 4 is 5.96 Å². The highest BCUT2D eigenvalue weighted by Crippen LogP contribution is 2.19. The summed E-state index contributed by atoms with van der Waals surface area (Å²) in [5.74, 6) is 2.00. The number of nitrogens with zero attached hydrogens (tertiary/aromatic N) is 3. The molecule has 1 fully saturated rings. The lowest BCUT2D eigenvalue weighted by atomic mass is 10.2. The van der Waals surface area contributed by atoms with Gasteiger partial charge in [-0.25, -0.2) is 0 Å². The summed E-state index contributed by atoms with van der Waals surface area (Å²) in [6.45, 7) is 5.95. The summed E-state index contributed by atoms with van der Waals surface area (Å²) in [7, 11) is 4.12. The van der Waals surface area contributed by atoms with E-state index in [1.807, 2.05) is 12.1 Å². The van der Waals surface area contributed by atoms with E-state index in [1.165, 1.54) is 12.8 Å². The molecule has 0 aromatic carbocycles. The molecule has 1 atom stereocenters. The number of hydrogen-bond acceptors (Lipinski definition) is 3. The molecular weight excluding hydrogens is 252 g/mol. The second-order valence-electron chi connectivity index (χ2n) is 5.38. The first-order chi connectivity index (χ1) is 9.72. The van der Waals surface area contributed by atoms with E-state index in [9.17, 15) is 0 Å². The average molecular weight is 278 g/mol. The molecule has 0 bridgehead atoms. The van der Waals surface area contributed by atoms with E-state index in [4.69, 9.17) is 9.41 Å². The monoisotopic (exact) mass is 278 g/mol. The van der Waals surface area contributed by atoms with E-state index in [1.54, 1.807) is 6.26 Å². The van der Waals surface area contributed by atoms with Crippen LogP contribution in [0.3, 0.4) is 0 Å². The minimum Gasteiger partial charge on any atom is -0.468 e. The van der Waals surface area contributed by atoms with E-state index in [-0.39, 0.29) is 6.04 Å². The minimum atomic E-state index is 0.182. The molecule has 20 heavy (non-hydrogen) atoms. The van der Waals surface area contributed by atoms with E-state index < -0.39 is 0 Å². The first-order valence-electron chi connectivity index (χ1n) is 7.45. The summed E-state index contributed by atoms with van der Waals surface area (Å²) in [6, 6.07) is 4.13. The molecule has 0 spiro atoms. The van der Waals surface area contributed by atoms with Crippen LogP contribution >= 0.6 is 0 Å². The van der Waals surface area contributed by atoms with Crippen molar-refractivity contribution in [2.24, 2.45) is 4.99 Å². The Balaban J connectivity index is 2.05. The summed E-state index contributed by atoms with van der Waals surface area (Å²) in [5, 5.41) is 3.39. The Kier molecular flexibility index (Phi) is 5.47. The van der Waals surface area contributed by atoms with Crippen LogP contribution in [0.4, 0.5) is 0 Å². The summed E-state index contributed by atoms with van der Waals surface area (Å²) in [6.07, 6.45) is 4.25. The standard InChI is InChI=1S/C15H26N4O/c1-4-16-15(19-9-5-6-10-19)17-12-13(18(2)3)14-8-7-11-20-14/h7-8,11,13H,4-6,9-10,12H2,1-3H3,(H,16,17). The average Bonchev–Trinajstić information content (AvgIpc) is 3.11. The van der Waals surface area contributed by atoms with Crippen molar-refractivity contribution in [1.29, 1.82) is 0 Å². The third-order valence-corrected chi connectivity index (χ3v) is 3.65. The quantitative estimate of drug-likeness (QED) is 0.660. The van der Waals surface area contributed by atoms with Crippen LogP contribution in [0.5, 0.6) is 0 Å². The lowest BCUT2D eigenvalue weighted by molar-refractivity contribution is 0.264. The molecule has 1 aliphatic heterocycles. The summed E-state index contributed by atoms with van der Waals surface area (Å²) < 4.78 is 5.53. The van der Waals surface area contributed by atoms with Crippen LogP contribution in [0.15, 0.2) is 27.8 Å². The number of guanidine groups is 1. The Morgan fingerprint density at radius 2 is 2.20 bits per heavy atom. The fraction of sp³-hybridized carbons (Fsp3) is 0.667. The Morgan fingerprint density at radius 3 is 2.75 bits per heavy atom. The van der Waals surface area contributed by atoms with Crippen molar-refractivity contribution in [3.05, 3.63) is 24.2 Å². The second-order valence-corrected chi connectivity index (χ2v) is 5.38. The highest BCUT2D eigenvalue weighted by Gasteiger charge is 2.19. The van der Waals surface area contributed by atoms with Gasteiger partial charge in [0.15, 0.2) is 5.96 Å². The molecule has 1 aromatic heterocycles. The number of likely N-dealkylation sites (N-methyl/N-ethyl adjacent to an activating group) is 1. The zero-order chi connectivity index (χ0) is 14.4. The summed E-state index contributed by atoms with van der Waals surface area (Å²) >= 11 is 0. The second kappa shape index (κ2) is 7.33. The third kappa shape index (κ3) is 3.76. The van der Waals surface area contributed by atoms with Gasteiger partial charge in [0.25, 0.3) is 0 Å². The van der Waals surface area contributed by atoms with Crippen LogP contribution in [0.25, 0.3) is 0 Å². The molecule has 0 amide bonds. The molecular formula is C15H26N4O. The molecule has 0 radical (unpaired) electrons. The Labute approximate surface area is 121 Å². The van der Waals surface area contributed by atoms with Gasteiger partial charge in [0, 0.05) is 19.6 Å². The molecule has 5 heteroatoms. The van der Waals surface area contributed by atoms with E-state index in [2.05, 4.69) is 36.1 Å². The number of nitrogens with one attached hydrogen (secondary N) is 1. The first-order valence-corrected chi connectivity index (χ1v) is 7.45. The van der Waals surface area contributed by atoms with E-state index in [0.717, 1.165) is 31.4 Å². The van der Waals surface area contributed by atoms with Gasteiger partial charge < -0.3 is 14.6 Å². The van der Waals surface area contributed by atoms with Gasteiger partial charge in [-0.3, -0.25) is 9.89 Å². The fourth-order valence-electron chi connectivity index (χ4n) is 2.52. The molecule has 1 aromatic rings. The third-order valence-electron chi connectivity index (χ3n) is 3.65. The van der Waals surface area contributed by atoms with Gasteiger partial charge in [-0.2, -0.15) is 0 Å². The first kappa shape index (κ1) is 14.9. The maximum absolute atomic E-state index is 5.53. The smallest absolute Gasteiger partial charge is 0.193 e. The Morgan fingerprint density at radius 1 is 1.45 bits per heavy atom.